The molecular formula is C16H19N5O4. The first-order valence-corrected chi connectivity index (χ1v) is 8.00. The van der Waals surface area contributed by atoms with Gasteiger partial charge in [-0.15, -0.1) is 5.10 Å². The average Bonchev–Trinajstić information content (AvgIpc) is 3.15. The molecule has 3 rings (SSSR count). The maximum absolute atomic E-state index is 12.9. The molecule has 0 radical (unpaired) electrons. The van der Waals surface area contributed by atoms with Gasteiger partial charge in [0.05, 0.1) is 0 Å². The smallest absolute Gasteiger partial charge is 0.329 e. The number of tetrazole rings is 1. The summed E-state index contributed by atoms with van der Waals surface area (Å²) in [4.78, 5) is 24.7. The largest absolute Gasteiger partial charge is 0.480 e. The Bertz CT molecular complexity index is 713. The molecule has 2 aromatic rings. The van der Waals surface area contributed by atoms with Crippen LogP contribution in [0.5, 0.6) is 0 Å². The first-order valence-electron chi connectivity index (χ1n) is 8.00. The summed E-state index contributed by atoms with van der Waals surface area (Å²) in [7, 11) is 0. The van der Waals surface area contributed by atoms with E-state index in [-0.39, 0.29) is 12.8 Å². The van der Waals surface area contributed by atoms with Gasteiger partial charge in [0.2, 0.25) is 5.91 Å². The maximum atomic E-state index is 12.9. The molecule has 9 nitrogen and oxygen atoms in total. The number of carboxylic acids is 1. The molecule has 1 aliphatic heterocycles. The van der Waals surface area contributed by atoms with Gasteiger partial charge in [0.15, 0.2) is 0 Å². The van der Waals surface area contributed by atoms with Crippen LogP contribution in [0.4, 0.5) is 0 Å². The van der Waals surface area contributed by atoms with Gasteiger partial charge < -0.3 is 15.2 Å². The van der Waals surface area contributed by atoms with E-state index in [0.717, 1.165) is 5.56 Å². The number of rotatable bonds is 6. The van der Waals surface area contributed by atoms with Gasteiger partial charge in [-0.25, -0.2) is 9.48 Å². The molecular weight excluding hydrogens is 326 g/mol. The van der Waals surface area contributed by atoms with Gasteiger partial charge in [0.25, 0.3) is 0 Å². The zero-order valence-corrected chi connectivity index (χ0v) is 13.5. The lowest BCUT2D eigenvalue weighted by molar-refractivity contribution is -0.152. The second kappa shape index (κ2) is 7.39. The normalized spacial score (nSPS) is 17.6. The standard InChI is InChI=1S/C16H19N5O4/c22-14(18-16(15(23)24)6-8-25-9-7-16)13(21-11-17-19-20-21)10-12-4-2-1-3-5-12/h1-5,11,13H,6-10H2,(H,18,22)(H,23,24)/t13-/m1/s1. The van der Waals surface area contributed by atoms with E-state index in [1.165, 1.54) is 11.0 Å². The minimum absolute atomic E-state index is 0.224. The number of benzene rings is 1. The Hall–Kier alpha value is -2.81. The fourth-order valence-electron chi connectivity index (χ4n) is 2.89. The summed E-state index contributed by atoms with van der Waals surface area (Å²) in [5.74, 6) is -1.49. The van der Waals surface area contributed by atoms with Gasteiger partial charge in [0, 0.05) is 32.5 Å². The van der Waals surface area contributed by atoms with Crippen LogP contribution in [-0.2, 0) is 20.7 Å². The van der Waals surface area contributed by atoms with Crippen LogP contribution in [0.2, 0.25) is 0 Å². The number of amides is 1. The third kappa shape index (κ3) is 3.82. The van der Waals surface area contributed by atoms with Crippen LogP contribution in [0, 0.1) is 0 Å². The third-order valence-electron chi connectivity index (χ3n) is 4.38. The number of carbonyl (C=O) groups is 2. The van der Waals surface area contributed by atoms with Gasteiger partial charge in [0.1, 0.15) is 17.9 Å². The molecule has 1 aliphatic rings. The summed E-state index contributed by atoms with van der Waals surface area (Å²) in [6.45, 7) is 0.585. The molecule has 1 amide bonds. The molecule has 0 bridgehead atoms. The number of aromatic nitrogens is 4. The van der Waals surface area contributed by atoms with Gasteiger partial charge in [-0.3, -0.25) is 4.79 Å². The Kier molecular flexibility index (Phi) is 5.03. The second-order valence-electron chi connectivity index (χ2n) is 5.98. The number of carbonyl (C=O) groups excluding carboxylic acids is 1. The Labute approximate surface area is 144 Å². The van der Waals surface area contributed by atoms with E-state index in [1.807, 2.05) is 30.3 Å². The monoisotopic (exact) mass is 345 g/mol. The van der Waals surface area contributed by atoms with Crippen molar-refractivity contribution in [2.75, 3.05) is 13.2 Å². The summed E-state index contributed by atoms with van der Waals surface area (Å²) < 4.78 is 6.58. The highest BCUT2D eigenvalue weighted by molar-refractivity contribution is 5.89. The molecule has 25 heavy (non-hydrogen) atoms. The third-order valence-corrected chi connectivity index (χ3v) is 4.38. The Morgan fingerprint density at radius 2 is 2.00 bits per heavy atom. The Balaban J connectivity index is 1.82. The molecule has 1 fully saturated rings. The predicted molar refractivity (Wildman–Crippen MR) is 85.6 cm³/mol. The molecule has 1 aromatic heterocycles. The van der Waals surface area contributed by atoms with Crippen LogP contribution in [0.15, 0.2) is 36.7 Å². The van der Waals surface area contributed by atoms with Crippen LogP contribution in [0.3, 0.4) is 0 Å². The van der Waals surface area contributed by atoms with Crippen molar-refractivity contribution in [1.29, 1.82) is 0 Å². The molecule has 1 atom stereocenters. The second-order valence-corrected chi connectivity index (χ2v) is 5.98. The summed E-state index contributed by atoms with van der Waals surface area (Å²) in [5.41, 5.74) is -0.396. The highest BCUT2D eigenvalue weighted by Crippen LogP contribution is 2.23. The molecule has 2 heterocycles. The zero-order valence-electron chi connectivity index (χ0n) is 13.5. The molecule has 132 valence electrons. The number of carboxylic acid groups (broad SMARTS) is 1. The highest BCUT2D eigenvalue weighted by Gasteiger charge is 2.43. The van der Waals surface area contributed by atoms with Gasteiger partial charge in [-0.05, 0) is 16.0 Å². The molecule has 9 heteroatoms. The number of nitrogens with zero attached hydrogens (tertiary/aromatic N) is 4. The lowest BCUT2D eigenvalue weighted by Gasteiger charge is -2.35. The molecule has 1 aromatic carbocycles. The average molecular weight is 345 g/mol. The molecule has 1 saturated heterocycles. The maximum Gasteiger partial charge on any atom is 0.329 e. The summed E-state index contributed by atoms with van der Waals surface area (Å²) in [6, 6.07) is 8.69. The minimum Gasteiger partial charge on any atom is -0.480 e. The van der Waals surface area contributed by atoms with E-state index in [2.05, 4.69) is 20.8 Å². The van der Waals surface area contributed by atoms with E-state index in [0.29, 0.717) is 19.6 Å². The molecule has 0 saturated carbocycles. The number of hydrogen-bond donors (Lipinski definition) is 2. The van der Waals surface area contributed by atoms with Gasteiger partial charge in [-0.2, -0.15) is 0 Å². The van der Waals surface area contributed by atoms with Crippen molar-refractivity contribution in [2.24, 2.45) is 0 Å². The first-order chi connectivity index (χ1) is 12.1. The SMILES string of the molecule is O=C(NC1(C(=O)O)CCOCC1)[C@@H](Cc1ccccc1)n1cnnn1. The van der Waals surface area contributed by atoms with E-state index in [4.69, 9.17) is 4.74 Å². The zero-order chi connectivity index (χ0) is 17.7. The predicted octanol–water partition coefficient (Wildman–Crippen LogP) is 0.207. The highest BCUT2D eigenvalue weighted by atomic mass is 16.5. The molecule has 0 spiro atoms. The van der Waals surface area contributed by atoms with E-state index in [9.17, 15) is 14.7 Å². The topological polar surface area (TPSA) is 119 Å². The quantitative estimate of drug-likeness (QED) is 0.768. The van der Waals surface area contributed by atoms with Crippen molar-refractivity contribution in [1.82, 2.24) is 25.5 Å². The van der Waals surface area contributed by atoms with Crippen molar-refractivity contribution >= 4 is 11.9 Å². The molecule has 0 unspecified atom stereocenters. The van der Waals surface area contributed by atoms with E-state index >= 15 is 0 Å². The van der Waals surface area contributed by atoms with Crippen LogP contribution in [0.1, 0.15) is 24.4 Å². The van der Waals surface area contributed by atoms with Crippen molar-refractivity contribution in [3.8, 4) is 0 Å². The van der Waals surface area contributed by atoms with E-state index < -0.39 is 23.5 Å². The minimum atomic E-state index is -1.32. The fourth-order valence-corrected chi connectivity index (χ4v) is 2.89. The van der Waals surface area contributed by atoms with Crippen LogP contribution in [-0.4, -0.2) is 55.9 Å². The van der Waals surface area contributed by atoms with Crippen LogP contribution >= 0.6 is 0 Å². The van der Waals surface area contributed by atoms with Crippen LogP contribution < -0.4 is 5.32 Å². The number of aliphatic carboxylic acids is 1. The summed E-state index contributed by atoms with van der Waals surface area (Å²) in [6.07, 6.45) is 2.15. The number of nitrogens with one attached hydrogen (secondary N) is 1. The lowest BCUT2D eigenvalue weighted by Crippen LogP contribution is -2.59. The van der Waals surface area contributed by atoms with Crippen molar-refractivity contribution < 1.29 is 19.4 Å². The van der Waals surface area contributed by atoms with E-state index in [1.54, 1.807) is 0 Å². The number of ether oxygens (including phenoxy) is 1. The van der Waals surface area contributed by atoms with Crippen LogP contribution in [0.25, 0.3) is 0 Å². The first kappa shape index (κ1) is 17.0. The Morgan fingerprint density at radius 3 is 2.60 bits per heavy atom. The molecule has 2 N–H and O–H groups in total. The fraction of sp³-hybridized carbons (Fsp3) is 0.438. The van der Waals surface area contributed by atoms with Crippen molar-refractivity contribution in [2.45, 2.75) is 30.8 Å². The van der Waals surface area contributed by atoms with Gasteiger partial charge >= 0.3 is 5.97 Å². The molecule has 0 aliphatic carbocycles. The summed E-state index contributed by atoms with van der Waals surface area (Å²) in [5, 5.41) is 23.3. The van der Waals surface area contributed by atoms with Crippen molar-refractivity contribution in [3.05, 3.63) is 42.2 Å². The van der Waals surface area contributed by atoms with Gasteiger partial charge in [-0.1, -0.05) is 30.3 Å². The number of hydrogen-bond acceptors (Lipinski definition) is 6. The summed E-state index contributed by atoms with van der Waals surface area (Å²) >= 11 is 0. The Morgan fingerprint density at radius 1 is 1.28 bits per heavy atom. The lowest BCUT2D eigenvalue weighted by atomic mass is 9.89. The van der Waals surface area contributed by atoms with Crippen molar-refractivity contribution in [3.63, 3.8) is 0 Å².